The van der Waals surface area contributed by atoms with Crippen molar-refractivity contribution in [1.29, 1.82) is 0 Å². The number of carbonyl (C=O) groups is 1. The zero-order valence-corrected chi connectivity index (χ0v) is 16.7. The molecule has 3 rings (SSSR count). The number of nitrogens with zero attached hydrogens (tertiary/aromatic N) is 1. The number of halogens is 2. The summed E-state index contributed by atoms with van der Waals surface area (Å²) >= 11 is 11.2. The molecule has 0 aromatic heterocycles. The van der Waals surface area contributed by atoms with Crippen LogP contribution in [-0.4, -0.2) is 16.8 Å². The summed E-state index contributed by atoms with van der Waals surface area (Å²) in [5.41, 5.74) is 7.62. The van der Waals surface area contributed by atoms with Gasteiger partial charge in [-0.3, -0.25) is 9.79 Å². The van der Waals surface area contributed by atoms with Gasteiger partial charge in [0.25, 0.3) is 5.91 Å². The van der Waals surface area contributed by atoms with Crippen molar-refractivity contribution >= 4 is 56.1 Å². The lowest BCUT2D eigenvalue weighted by atomic mass is 9.89. The molecule has 0 bridgehead atoms. The van der Waals surface area contributed by atoms with Gasteiger partial charge in [-0.05, 0) is 61.4 Å². The number of hydrogen-bond acceptors (Lipinski definition) is 4. The van der Waals surface area contributed by atoms with Gasteiger partial charge in [0.15, 0.2) is 5.17 Å². The highest BCUT2D eigenvalue weighted by Gasteiger charge is 2.30. The molecule has 0 saturated carbocycles. The number of rotatable bonds is 3. The van der Waals surface area contributed by atoms with Gasteiger partial charge in [0.1, 0.15) is 0 Å². The van der Waals surface area contributed by atoms with E-state index in [2.05, 4.69) is 26.2 Å². The van der Waals surface area contributed by atoms with Gasteiger partial charge in [-0.2, -0.15) is 0 Å². The molecule has 1 unspecified atom stereocenters. The minimum Gasteiger partial charge on any atom is -0.379 e. The van der Waals surface area contributed by atoms with Crippen molar-refractivity contribution in [2.45, 2.75) is 18.9 Å². The summed E-state index contributed by atoms with van der Waals surface area (Å²) in [5, 5.41) is 4.03. The number of nitrogens with one attached hydrogen (secondary N) is 1. The standard InChI is InChI=1S/C18H17BrClN3OS/c1-18(6-7-25-17(21)23-18)12-8-14(20)10-15(9-12)22-16(24)11-2-4-13(19)5-3-11/h2-5,8-10H,6-7H2,1H3,(H2,21,23)(H,22,24). The van der Waals surface area contributed by atoms with Crippen LogP contribution >= 0.6 is 39.3 Å². The molecule has 0 radical (unpaired) electrons. The van der Waals surface area contributed by atoms with Crippen molar-refractivity contribution in [3.05, 3.63) is 63.1 Å². The molecule has 0 fully saturated rings. The topological polar surface area (TPSA) is 67.5 Å². The van der Waals surface area contributed by atoms with Crippen molar-refractivity contribution in [3.63, 3.8) is 0 Å². The van der Waals surface area contributed by atoms with Crippen molar-refractivity contribution in [1.82, 2.24) is 0 Å². The molecule has 0 saturated heterocycles. The maximum absolute atomic E-state index is 12.4. The Hall–Kier alpha value is -1.50. The van der Waals surface area contributed by atoms with E-state index in [-0.39, 0.29) is 5.91 Å². The first-order valence-electron chi connectivity index (χ1n) is 7.72. The van der Waals surface area contributed by atoms with E-state index in [9.17, 15) is 4.79 Å². The minimum atomic E-state index is -0.433. The maximum atomic E-state index is 12.4. The van der Waals surface area contributed by atoms with Gasteiger partial charge in [-0.1, -0.05) is 39.3 Å². The van der Waals surface area contributed by atoms with Crippen LogP contribution < -0.4 is 11.1 Å². The Morgan fingerprint density at radius 3 is 2.72 bits per heavy atom. The van der Waals surface area contributed by atoms with Crippen LogP contribution in [0.15, 0.2) is 51.9 Å². The van der Waals surface area contributed by atoms with Crippen molar-refractivity contribution < 1.29 is 4.79 Å². The number of aliphatic imine (C=N–C) groups is 1. The normalized spacial score (nSPS) is 20.0. The second kappa shape index (κ2) is 7.40. The predicted molar refractivity (Wildman–Crippen MR) is 110 cm³/mol. The Morgan fingerprint density at radius 2 is 2.04 bits per heavy atom. The fourth-order valence-corrected chi connectivity index (χ4v) is 4.15. The van der Waals surface area contributed by atoms with Crippen LogP contribution in [0.2, 0.25) is 5.02 Å². The lowest BCUT2D eigenvalue weighted by Crippen LogP contribution is -2.29. The Kier molecular flexibility index (Phi) is 5.41. The molecule has 130 valence electrons. The number of anilines is 1. The summed E-state index contributed by atoms with van der Waals surface area (Å²) in [6, 6.07) is 12.7. The fourth-order valence-electron chi connectivity index (χ4n) is 2.67. The molecule has 1 amide bonds. The van der Waals surface area contributed by atoms with Gasteiger partial charge in [0, 0.05) is 26.5 Å². The molecule has 0 aliphatic carbocycles. The van der Waals surface area contributed by atoms with Crippen LogP contribution in [-0.2, 0) is 5.54 Å². The van der Waals surface area contributed by atoms with Crippen molar-refractivity contribution in [3.8, 4) is 0 Å². The lowest BCUT2D eigenvalue weighted by Gasteiger charge is -2.30. The first-order valence-corrected chi connectivity index (χ1v) is 9.87. The Bertz CT molecular complexity index is 841. The number of benzene rings is 2. The summed E-state index contributed by atoms with van der Waals surface area (Å²) in [6.07, 6.45) is 0.860. The summed E-state index contributed by atoms with van der Waals surface area (Å²) in [4.78, 5) is 17.0. The second-order valence-corrected chi connectivity index (χ2v) is 8.48. The number of carbonyl (C=O) groups excluding carboxylic acids is 1. The molecule has 2 aromatic carbocycles. The van der Waals surface area contributed by atoms with Gasteiger partial charge < -0.3 is 11.1 Å². The summed E-state index contributed by atoms with van der Waals surface area (Å²) in [7, 11) is 0. The fraction of sp³-hybridized carbons (Fsp3) is 0.222. The Labute approximate surface area is 164 Å². The second-order valence-electron chi connectivity index (χ2n) is 6.01. The van der Waals surface area contributed by atoms with Crippen molar-refractivity contribution in [2.75, 3.05) is 11.1 Å². The van der Waals surface area contributed by atoms with E-state index in [0.717, 1.165) is 22.2 Å². The van der Waals surface area contributed by atoms with Gasteiger partial charge in [-0.25, -0.2) is 0 Å². The van der Waals surface area contributed by atoms with E-state index in [1.807, 2.05) is 31.2 Å². The zero-order valence-electron chi connectivity index (χ0n) is 13.6. The quantitative estimate of drug-likeness (QED) is 0.707. The van der Waals surface area contributed by atoms with Crippen LogP contribution in [0.4, 0.5) is 5.69 Å². The third-order valence-electron chi connectivity index (χ3n) is 4.08. The number of thioether (sulfide) groups is 1. The molecule has 1 aliphatic rings. The number of hydrogen-bond donors (Lipinski definition) is 2. The molecule has 2 aromatic rings. The molecule has 4 nitrogen and oxygen atoms in total. The number of amidine groups is 1. The lowest BCUT2D eigenvalue weighted by molar-refractivity contribution is 0.102. The zero-order chi connectivity index (χ0) is 18.0. The maximum Gasteiger partial charge on any atom is 0.255 e. The number of nitrogens with two attached hydrogens (primary N) is 1. The summed E-state index contributed by atoms with van der Waals surface area (Å²) in [6.45, 7) is 2.03. The van der Waals surface area contributed by atoms with E-state index in [0.29, 0.717) is 21.4 Å². The molecule has 3 N–H and O–H groups in total. The Balaban J connectivity index is 1.88. The first-order chi connectivity index (χ1) is 11.9. The molecule has 7 heteroatoms. The van der Waals surface area contributed by atoms with E-state index in [1.165, 1.54) is 0 Å². The third kappa shape index (κ3) is 4.37. The summed E-state index contributed by atoms with van der Waals surface area (Å²) < 4.78 is 0.924. The SMILES string of the molecule is CC1(c2cc(Cl)cc(NC(=O)c3ccc(Br)cc3)c2)CCSC(N)=N1. The van der Waals surface area contributed by atoms with Crippen molar-refractivity contribution in [2.24, 2.45) is 10.7 Å². The summed E-state index contributed by atoms with van der Waals surface area (Å²) in [5.74, 6) is 0.715. The van der Waals surface area contributed by atoms with Gasteiger partial charge in [-0.15, -0.1) is 0 Å². The number of amides is 1. The van der Waals surface area contributed by atoms with E-state index < -0.39 is 5.54 Å². The predicted octanol–water partition coefficient (Wildman–Crippen LogP) is 5.02. The van der Waals surface area contributed by atoms with Crippen LogP contribution in [0.1, 0.15) is 29.3 Å². The largest absolute Gasteiger partial charge is 0.379 e. The molecular weight excluding hydrogens is 422 g/mol. The van der Waals surface area contributed by atoms with Crippen LogP contribution in [0.3, 0.4) is 0 Å². The minimum absolute atomic E-state index is 0.187. The van der Waals surface area contributed by atoms with E-state index in [4.69, 9.17) is 17.3 Å². The highest BCUT2D eigenvalue weighted by Crippen LogP contribution is 2.37. The monoisotopic (exact) mass is 437 g/mol. The average molecular weight is 439 g/mol. The van der Waals surface area contributed by atoms with E-state index in [1.54, 1.807) is 30.0 Å². The van der Waals surface area contributed by atoms with Gasteiger partial charge in [0.05, 0.1) is 5.54 Å². The first kappa shape index (κ1) is 18.3. The van der Waals surface area contributed by atoms with Crippen LogP contribution in [0.5, 0.6) is 0 Å². The molecule has 25 heavy (non-hydrogen) atoms. The molecule has 1 aliphatic heterocycles. The molecule has 1 heterocycles. The average Bonchev–Trinajstić information content (AvgIpc) is 2.54. The van der Waals surface area contributed by atoms with E-state index >= 15 is 0 Å². The third-order valence-corrected chi connectivity index (χ3v) is 5.62. The molecule has 1 atom stereocenters. The highest BCUT2D eigenvalue weighted by molar-refractivity contribution is 9.10. The highest BCUT2D eigenvalue weighted by atomic mass is 79.9. The van der Waals surface area contributed by atoms with Gasteiger partial charge >= 0.3 is 0 Å². The molecular formula is C18H17BrClN3OS. The van der Waals surface area contributed by atoms with Crippen LogP contribution in [0, 0.1) is 0 Å². The van der Waals surface area contributed by atoms with Gasteiger partial charge in [0.2, 0.25) is 0 Å². The Morgan fingerprint density at radius 1 is 1.32 bits per heavy atom. The van der Waals surface area contributed by atoms with Crippen LogP contribution in [0.25, 0.3) is 0 Å². The smallest absolute Gasteiger partial charge is 0.255 e. The molecule has 0 spiro atoms.